The summed E-state index contributed by atoms with van der Waals surface area (Å²) >= 11 is 0. The van der Waals surface area contributed by atoms with Crippen LogP contribution in [0.25, 0.3) is 54.8 Å². The molecule has 0 saturated heterocycles. The highest BCUT2D eigenvalue weighted by molar-refractivity contribution is 7.19. The standard InChI is InChI=1S/C59H57NSi/c1-57(2,3)42-25-33-46(34-26-42)61(47-35-27-43(28-36-47)58(4,5)6,48-37-29-44(30-38-48)59(7,8)9)45-31-23-40(24-32-45)52-39-53-55(50-20-14-13-19-49(50)52)51-21-15-16-22-54(51)60-56(53)41-17-11-10-12-18-41/h10-39H,1-9H3. The summed E-state index contributed by atoms with van der Waals surface area (Å²) in [6, 6.07) is 69.2. The molecule has 0 N–H and O–H groups in total. The van der Waals surface area contributed by atoms with Crippen molar-refractivity contribution in [3.05, 3.63) is 199 Å². The fourth-order valence-corrected chi connectivity index (χ4v) is 14.1. The SMILES string of the molecule is CC(C)(C)c1ccc([Si](c2ccc(-c3cc4c(-c5ccccc5)nc5ccccc5c4c4ccccc34)cc2)(c2ccc(C(C)(C)C)cc2)c2ccc(C(C)(C)C)cc2)cc1. The Kier molecular flexibility index (Phi) is 9.99. The minimum absolute atomic E-state index is 0.0535. The van der Waals surface area contributed by atoms with Gasteiger partial charge in [-0.1, -0.05) is 232 Å². The average molecular weight is 808 g/mol. The molecule has 9 aromatic rings. The van der Waals surface area contributed by atoms with Gasteiger partial charge in [-0.15, -0.1) is 0 Å². The Morgan fingerprint density at radius 2 is 0.738 bits per heavy atom. The Labute approximate surface area is 364 Å². The predicted octanol–water partition coefficient (Wildman–Crippen LogP) is 13.1. The van der Waals surface area contributed by atoms with E-state index in [4.69, 9.17) is 4.98 Å². The van der Waals surface area contributed by atoms with Gasteiger partial charge in [0.2, 0.25) is 0 Å². The largest absolute Gasteiger partial charge is 0.247 e. The van der Waals surface area contributed by atoms with E-state index in [0.29, 0.717) is 0 Å². The van der Waals surface area contributed by atoms with Gasteiger partial charge in [0.15, 0.2) is 8.07 Å². The molecule has 61 heavy (non-hydrogen) atoms. The Hall–Kier alpha value is -6.09. The second-order valence-electron chi connectivity index (χ2n) is 20.0. The smallest absolute Gasteiger partial charge is 0.179 e. The monoisotopic (exact) mass is 807 g/mol. The van der Waals surface area contributed by atoms with Crippen molar-refractivity contribution >= 4 is 61.3 Å². The molecule has 0 aliphatic rings. The van der Waals surface area contributed by atoms with Crippen molar-refractivity contribution in [1.29, 1.82) is 0 Å². The molecule has 2 heteroatoms. The third-order valence-electron chi connectivity index (χ3n) is 12.9. The molecule has 302 valence electrons. The molecule has 0 aliphatic heterocycles. The number of nitrogens with zero attached hydrogens (tertiary/aromatic N) is 1. The Bertz CT molecular complexity index is 2870. The number of rotatable bonds is 6. The van der Waals surface area contributed by atoms with E-state index < -0.39 is 8.07 Å². The molecule has 0 radical (unpaired) electrons. The third-order valence-corrected chi connectivity index (χ3v) is 17.7. The molecule has 0 saturated carbocycles. The first-order valence-corrected chi connectivity index (χ1v) is 23.9. The van der Waals surface area contributed by atoms with Crippen LogP contribution in [0.4, 0.5) is 0 Å². The van der Waals surface area contributed by atoms with Crippen LogP contribution < -0.4 is 20.7 Å². The number of para-hydroxylation sites is 1. The zero-order valence-corrected chi connectivity index (χ0v) is 38.3. The van der Waals surface area contributed by atoms with Crippen molar-refractivity contribution in [2.75, 3.05) is 0 Å². The second kappa shape index (κ2) is 15.1. The van der Waals surface area contributed by atoms with Crippen molar-refractivity contribution in [2.45, 2.75) is 78.6 Å². The van der Waals surface area contributed by atoms with Crippen LogP contribution in [0.15, 0.2) is 182 Å². The van der Waals surface area contributed by atoms with E-state index in [1.807, 2.05) is 0 Å². The van der Waals surface area contributed by atoms with Crippen molar-refractivity contribution in [1.82, 2.24) is 4.98 Å². The maximum absolute atomic E-state index is 5.33. The summed E-state index contributed by atoms with van der Waals surface area (Å²) in [5.41, 5.74) is 9.77. The average Bonchev–Trinajstić information content (AvgIpc) is 3.26. The van der Waals surface area contributed by atoms with E-state index >= 15 is 0 Å². The molecule has 0 bridgehead atoms. The minimum atomic E-state index is -2.86. The van der Waals surface area contributed by atoms with Gasteiger partial charge in [-0.25, -0.2) is 4.98 Å². The van der Waals surface area contributed by atoms with E-state index in [1.54, 1.807) is 0 Å². The second-order valence-corrected chi connectivity index (χ2v) is 23.9. The quantitative estimate of drug-likeness (QED) is 0.0926. The lowest BCUT2D eigenvalue weighted by Gasteiger charge is -2.36. The van der Waals surface area contributed by atoms with Crippen LogP contribution >= 0.6 is 0 Å². The Balaban J connectivity index is 1.31. The molecule has 0 unspecified atom stereocenters. The molecule has 0 fully saturated rings. The molecule has 9 rings (SSSR count). The fourth-order valence-electron chi connectivity index (χ4n) is 9.43. The number of pyridine rings is 1. The van der Waals surface area contributed by atoms with E-state index in [9.17, 15) is 0 Å². The number of fused-ring (bicyclic) bond motifs is 5. The molecule has 0 aliphatic carbocycles. The van der Waals surface area contributed by atoms with Crippen LogP contribution in [0.1, 0.15) is 79.0 Å². The lowest BCUT2D eigenvalue weighted by atomic mass is 9.87. The van der Waals surface area contributed by atoms with Gasteiger partial charge >= 0.3 is 0 Å². The molecule has 0 spiro atoms. The molecular formula is C59H57NSi. The van der Waals surface area contributed by atoms with Crippen molar-refractivity contribution in [3.8, 4) is 22.4 Å². The van der Waals surface area contributed by atoms with E-state index in [1.165, 1.54) is 75.5 Å². The summed E-state index contributed by atoms with van der Waals surface area (Å²) in [5.74, 6) is 0. The first-order valence-electron chi connectivity index (χ1n) is 21.9. The lowest BCUT2D eigenvalue weighted by molar-refractivity contribution is 0.590. The van der Waals surface area contributed by atoms with Crippen molar-refractivity contribution in [2.24, 2.45) is 0 Å². The summed E-state index contributed by atoms with van der Waals surface area (Å²) in [7, 11) is -2.86. The van der Waals surface area contributed by atoms with Gasteiger partial charge in [0.1, 0.15) is 0 Å². The lowest BCUT2D eigenvalue weighted by Crippen LogP contribution is -2.74. The third kappa shape index (κ3) is 7.21. The summed E-state index contributed by atoms with van der Waals surface area (Å²) < 4.78 is 0. The highest BCUT2D eigenvalue weighted by Crippen LogP contribution is 2.41. The summed E-state index contributed by atoms with van der Waals surface area (Å²) in [6.07, 6.45) is 0. The molecule has 0 atom stereocenters. The van der Waals surface area contributed by atoms with Gasteiger partial charge in [0.05, 0.1) is 11.2 Å². The highest BCUT2D eigenvalue weighted by atomic mass is 28.3. The van der Waals surface area contributed by atoms with Crippen LogP contribution in [0.3, 0.4) is 0 Å². The van der Waals surface area contributed by atoms with Crippen molar-refractivity contribution in [3.63, 3.8) is 0 Å². The van der Waals surface area contributed by atoms with Gasteiger partial charge in [-0.3, -0.25) is 0 Å². The van der Waals surface area contributed by atoms with Crippen LogP contribution in [0, 0.1) is 0 Å². The maximum atomic E-state index is 5.33. The molecule has 8 aromatic carbocycles. The normalized spacial score (nSPS) is 12.7. The number of benzene rings is 8. The summed E-state index contributed by atoms with van der Waals surface area (Å²) in [6.45, 7) is 20.7. The van der Waals surface area contributed by atoms with Gasteiger partial charge in [-0.2, -0.15) is 0 Å². The predicted molar refractivity (Wildman–Crippen MR) is 267 cm³/mol. The highest BCUT2D eigenvalue weighted by Gasteiger charge is 2.42. The van der Waals surface area contributed by atoms with Gasteiger partial charge in [-0.05, 0) is 87.7 Å². The van der Waals surface area contributed by atoms with E-state index in [0.717, 1.165) is 16.8 Å². The summed E-state index contributed by atoms with van der Waals surface area (Å²) in [4.78, 5) is 5.33. The van der Waals surface area contributed by atoms with Gasteiger partial charge in [0, 0.05) is 21.7 Å². The molecular weight excluding hydrogens is 751 g/mol. The zero-order valence-electron chi connectivity index (χ0n) is 37.3. The number of hydrogen-bond acceptors (Lipinski definition) is 1. The molecule has 1 heterocycles. The topological polar surface area (TPSA) is 12.9 Å². The minimum Gasteiger partial charge on any atom is -0.247 e. The first kappa shape index (κ1) is 40.3. The molecule has 1 aromatic heterocycles. The van der Waals surface area contributed by atoms with Crippen LogP contribution in [0.5, 0.6) is 0 Å². The Morgan fingerprint density at radius 3 is 1.20 bits per heavy atom. The van der Waals surface area contributed by atoms with E-state index in [-0.39, 0.29) is 16.2 Å². The molecule has 0 amide bonds. The van der Waals surface area contributed by atoms with Crippen molar-refractivity contribution < 1.29 is 0 Å². The van der Waals surface area contributed by atoms with Crippen LogP contribution in [-0.2, 0) is 16.2 Å². The van der Waals surface area contributed by atoms with Gasteiger partial charge < -0.3 is 0 Å². The first-order chi connectivity index (χ1) is 29.1. The molecule has 1 nitrogen and oxygen atoms in total. The Morgan fingerprint density at radius 1 is 0.344 bits per heavy atom. The number of aromatic nitrogens is 1. The fraction of sp³-hybridized carbons (Fsp3) is 0.203. The zero-order chi connectivity index (χ0) is 42.7. The van der Waals surface area contributed by atoms with Crippen LogP contribution in [0.2, 0.25) is 0 Å². The maximum Gasteiger partial charge on any atom is 0.179 e. The van der Waals surface area contributed by atoms with Gasteiger partial charge in [0.25, 0.3) is 0 Å². The van der Waals surface area contributed by atoms with Crippen LogP contribution in [-0.4, -0.2) is 13.1 Å². The number of hydrogen-bond donors (Lipinski definition) is 0. The van der Waals surface area contributed by atoms with E-state index in [2.05, 4.69) is 244 Å². The summed E-state index contributed by atoms with van der Waals surface area (Å²) in [5, 5.41) is 11.6.